The van der Waals surface area contributed by atoms with Crippen LogP contribution in [0.1, 0.15) is 28.4 Å². The summed E-state index contributed by atoms with van der Waals surface area (Å²) in [5, 5.41) is 14.7. The second kappa shape index (κ2) is 11.9. The molecule has 0 radical (unpaired) electrons. The van der Waals surface area contributed by atoms with Gasteiger partial charge in [0.2, 0.25) is 0 Å². The zero-order chi connectivity index (χ0) is 25.2. The SMILES string of the molecule is CCOc1cc(/C=N\NC(=O)COc2ccc(C)cc2)ccc1OC(=O)c1ccc([N+](=O)[O-])cc1. The van der Waals surface area contributed by atoms with Crippen molar-refractivity contribution in [2.45, 2.75) is 13.8 Å². The molecular weight excluding hydrogens is 454 g/mol. The molecule has 0 aliphatic heterocycles. The molecule has 3 rings (SSSR count). The number of hydrazone groups is 1. The molecule has 0 atom stereocenters. The first-order chi connectivity index (χ1) is 16.9. The number of carbonyl (C=O) groups excluding carboxylic acids is 2. The number of ether oxygens (including phenoxy) is 3. The summed E-state index contributed by atoms with van der Waals surface area (Å²) in [5.74, 6) is -0.0813. The number of carbonyl (C=O) groups is 2. The first-order valence-corrected chi connectivity index (χ1v) is 10.6. The lowest BCUT2D eigenvalue weighted by molar-refractivity contribution is -0.384. The van der Waals surface area contributed by atoms with Gasteiger partial charge in [-0.2, -0.15) is 5.10 Å². The molecule has 0 fully saturated rings. The van der Waals surface area contributed by atoms with Gasteiger partial charge in [0.25, 0.3) is 11.6 Å². The number of benzene rings is 3. The third-order valence-electron chi connectivity index (χ3n) is 4.58. The topological polar surface area (TPSA) is 129 Å². The molecule has 3 aromatic rings. The van der Waals surface area contributed by atoms with Gasteiger partial charge in [-0.05, 0) is 61.9 Å². The molecule has 0 aromatic heterocycles. The van der Waals surface area contributed by atoms with E-state index in [1.165, 1.54) is 36.5 Å². The molecule has 0 heterocycles. The lowest BCUT2D eigenvalue weighted by Gasteiger charge is -2.11. The van der Waals surface area contributed by atoms with Crippen molar-refractivity contribution in [1.82, 2.24) is 5.43 Å². The molecule has 0 spiro atoms. The Kier molecular flexibility index (Phi) is 8.49. The average molecular weight is 477 g/mol. The van der Waals surface area contributed by atoms with Crippen molar-refractivity contribution in [1.29, 1.82) is 0 Å². The van der Waals surface area contributed by atoms with Gasteiger partial charge in [0.15, 0.2) is 18.1 Å². The fourth-order valence-electron chi connectivity index (χ4n) is 2.83. The van der Waals surface area contributed by atoms with Crippen LogP contribution in [0.25, 0.3) is 0 Å². The maximum atomic E-state index is 12.4. The van der Waals surface area contributed by atoms with E-state index in [0.717, 1.165) is 5.56 Å². The Bertz CT molecular complexity index is 1220. The van der Waals surface area contributed by atoms with Gasteiger partial charge in [0.05, 0.1) is 23.3 Å². The molecule has 35 heavy (non-hydrogen) atoms. The van der Waals surface area contributed by atoms with E-state index in [-0.39, 0.29) is 23.6 Å². The van der Waals surface area contributed by atoms with Crippen LogP contribution in [0.4, 0.5) is 5.69 Å². The molecule has 0 aliphatic carbocycles. The first-order valence-electron chi connectivity index (χ1n) is 10.6. The van der Waals surface area contributed by atoms with E-state index >= 15 is 0 Å². The van der Waals surface area contributed by atoms with Crippen molar-refractivity contribution in [2.24, 2.45) is 5.10 Å². The molecule has 0 bridgehead atoms. The standard InChI is InChI=1S/C25H23N3O7/c1-3-33-23-14-18(15-26-27-24(29)16-34-21-11-4-17(2)5-12-21)6-13-22(23)35-25(30)19-7-9-20(10-8-19)28(31)32/h4-15H,3,16H2,1-2H3,(H,27,29)/b26-15-. The van der Waals surface area contributed by atoms with Crippen molar-refractivity contribution in [3.05, 3.63) is 93.5 Å². The summed E-state index contributed by atoms with van der Waals surface area (Å²) < 4.78 is 16.3. The van der Waals surface area contributed by atoms with Gasteiger partial charge in [-0.1, -0.05) is 17.7 Å². The number of non-ortho nitro benzene ring substituents is 1. The summed E-state index contributed by atoms with van der Waals surface area (Å²) in [7, 11) is 0. The van der Waals surface area contributed by atoms with Gasteiger partial charge in [-0.15, -0.1) is 0 Å². The Morgan fingerprint density at radius 3 is 2.37 bits per heavy atom. The predicted octanol–water partition coefficient (Wildman–Crippen LogP) is 4.05. The summed E-state index contributed by atoms with van der Waals surface area (Å²) in [5.41, 5.74) is 4.07. The van der Waals surface area contributed by atoms with Crippen molar-refractivity contribution >= 4 is 23.8 Å². The van der Waals surface area contributed by atoms with Crippen LogP contribution in [0.15, 0.2) is 71.8 Å². The van der Waals surface area contributed by atoms with Gasteiger partial charge in [-0.3, -0.25) is 14.9 Å². The Labute approximate surface area is 201 Å². The number of hydrogen-bond donors (Lipinski definition) is 1. The Morgan fingerprint density at radius 2 is 1.71 bits per heavy atom. The van der Waals surface area contributed by atoms with E-state index < -0.39 is 16.8 Å². The van der Waals surface area contributed by atoms with Crippen LogP contribution < -0.4 is 19.6 Å². The highest BCUT2D eigenvalue weighted by molar-refractivity contribution is 5.92. The second-order valence-electron chi connectivity index (χ2n) is 7.23. The molecular formula is C25H23N3O7. The van der Waals surface area contributed by atoms with Crippen LogP contribution in [0.2, 0.25) is 0 Å². The molecule has 1 amide bonds. The zero-order valence-electron chi connectivity index (χ0n) is 19.1. The summed E-state index contributed by atoms with van der Waals surface area (Å²) in [6.45, 7) is 3.85. The monoisotopic (exact) mass is 477 g/mol. The second-order valence-corrected chi connectivity index (χ2v) is 7.23. The van der Waals surface area contributed by atoms with Gasteiger partial charge < -0.3 is 14.2 Å². The van der Waals surface area contributed by atoms with E-state index in [1.54, 1.807) is 31.2 Å². The van der Waals surface area contributed by atoms with Crippen molar-refractivity contribution in [3.8, 4) is 17.2 Å². The van der Waals surface area contributed by atoms with Gasteiger partial charge in [0.1, 0.15) is 5.75 Å². The van der Waals surface area contributed by atoms with Crippen LogP contribution >= 0.6 is 0 Å². The molecule has 0 unspecified atom stereocenters. The lowest BCUT2D eigenvalue weighted by Crippen LogP contribution is -2.24. The molecule has 10 heteroatoms. The van der Waals surface area contributed by atoms with Crippen LogP contribution in [-0.2, 0) is 4.79 Å². The number of aryl methyl sites for hydroxylation is 1. The van der Waals surface area contributed by atoms with Crippen molar-refractivity contribution in [3.63, 3.8) is 0 Å². The predicted molar refractivity (Wildman–Crippen MR) is 128 cm³/mol. The number of amides is 1. The highest BCUT2D eigenvalue weighted by atomic mass is 16.6. The van der Waals surface area contributed by atoms with E-state index in [2.05, 4.69) is 10.5 Å². The summed E-state index contributed by atoms with van der Waals surface area (Å²) >= 11 is 0. The van der Waals surface area contributed by atoms with E-state index in [9.17, 15) is 19.7 Å². The highest BCUT2D eigenvalue weighted by Crippen LogP contribution is 2.29. The van der Waals surface area contributed by atoms with Crippen LogP contribution in [0.5, 0.6) is 17.2 Å². The van der Waals surface area contributed by atoms with E-state index in [1.807, 2.05) is 19.1 Å². The average Bonchev–Trinajstić information content (AvgIpc) is 2.85. The number of hydrogen-bond acceptors (Lipinski definition) is 8. The minimum atomic E-state index is -0.692. The highest BCUT2D eigenvalue weighted by Gasteiger charge is 2.15. The van der Waals surface area contributed by atoms with Gasteiger partial charge in [-0.25, -0.2) is 10.2 Å². The molecule has 1 N–H and O–H groups in total. The number of esters is 1. The number of rotatable bonds is 10. The third kappa shape index (κ3) is 7.39. The zero-order valence-corrected chi connectivity index (χ0v) is 19.1. The number of nitrogens with zero attached hydrogens (tertiary/aromatic N) is 2. The minimum absolute atomic E-state index is 0.131. The Hall–Kier alpha value is -4.73. The van der Waals surface area contributed by atoms with Crippen molar-refractivity contribution in [2.75, 3.05) is 13.2 Å². The number of nitro benzene ring substituents is 1. The molecule has 0 aliphatic rings. The fraction of sp³-hybridized carbons (Fsp3) is 0.160. The first kappa shape index (κ1) is 24.9. The Balaban J connectivity index is 1.59. The third-order valence-corrected chi connectivity index (χ3v) is 4.58. The van der Waals surface area contributed by atoms with Gasteiger partial charge in [0, 0.05) is 12.1 Å². The normalized spacial score (nSPS) is 10.6. The number of nitrogens with one attached hydrogen (secondary N) is 1. The van der Waals surface area contributed by atoms with Crippen LogP contribution in [0, 0.1) is 17.0 Å². The van der Waals surface area contributed by atoms with E-state index in [0.29, 0.717) is 23.7 Å². The quantitative estimate of drug-likeness (QED) is 0.153. The largest absolute Gasteiger partial charge is 0.490 e. The smallest absolute Gasteiger partial charge is 0.343 e. The van der Waals surface area contributed by atoms with Gasteiger partial charge >= 0.3 is 5.97 Å². The molecule has 10 nitrogen and oxygen atoms in total. The maximum absolute atomic E-state index is 12.4. The molecule has 180 valence electrons. The Morgan fingerprint density at radius 1 is 1.00 bits per heavy atom. The summed E-state index contributed by atoms with van der Waals surface area (Å²) in [4.78, 5) is 34.6. The maximum Gasteiger partial charge on any atom is 0.343 e. The van der Waals surface area contributed by atoms with Crippen LogP contribution in [-0.4, -0.2) is 36.2 Å². The molecule has 0 saturated heterocycles. The minimum Gasteiger partial charge on any atom is -0.490 e. The van der Waals surface area contributed by atoms with E-state index in [4.69, 9.17) is 14.2 Å². The van der Waals surface area contributed by atoms with Crippen molar-refractivity contribution < 1.29 is 28.7 Å². The fourth-order valence-corrected chi connectivity index (χ4v) is 2.83. The van der Waals surface area contributed by atoms with Crippen LogP contribution in [0.3, 0.4) is 0 Å². The summed E-state index contributed by atoms with van der Waals surface area (Å²) in [6.07, 6.45) is 1.41. The molecule has 3 aromatic carbocycles. The molecule has 0 saturated carbocycles. The number of nitro groups is 1. The summed E-state index contributed by atoms with van der Waals surface area (Å²) in [6, 6.07) is 17.1. The lowest BCUT2D eigenvalue weighted by atomic mass is 10.2.